The van der Waals surface area contributed by atoms with Crippen molar-refractivity contribution in [1.82, 2.24) is 4.90 Å². The van der Waals surface area contributed by atoms with Gasteiger partial charge in [0.25, 0.3) is 0 Å². The third-order valence-corrected chi connectivity index (χ3v) is 4.50. The fraction of sp³-hybridized carbons (Fsp3) is 0.391. The Hall–Kier alpha value is -3.06. The average molecular weight is 413 g/mol. The number of carbonyl (C=O) groups is 2. The van der Waals surface area contributed by atoms with E-state index in [4.69, 9.17) is 18.9 Å². The van der Waals surface area contributed by atoms with Gasteiger partial charge >= 0.3 is 12.1 Å². The van der Waals surface area contributed by atoms with Crippen LogP contribution in [0.2, 0.25) is 0 Å². The standard InChI is InChI=1S/C23H27NO6/c1-23(2,3)30-22(26)24-19(21(25)29-14-16-8-6-5-7-9-16)15-28-20(24)17-10-12-18(27-4)13-11-17/h5-13,19-20H,14-15H2,1-4H3/t19-,20?/m0/s1. The Labute approximate surface area is 176 Å². The molecule has 1 heterocycles. The molecule has 1 amide bonds. The van der Waals surface area contributed by atoms with Crippen LogP contribution in [0.3, 0.4) is 0 Å². The molecule has 0 spiro atoms. The molecule has 0 saturated carbocycles. The minimum atomic E-state index is -0.907. The number of amides is 1. The minimum Gasteiger partial charge on any atom is -0.497 e. The van der Waals surface area contributed by atoms with Crippen molar-refractivity contribution in [2.75, 3.05) is 13.7 Å². The zero-order valence-corrected chi connectivity index (χ0v) is 17.7. The molecule has 0 aliphatic carbocycles. The van der Waals surface area contributed by atoms with E-state index < -0.39 is 29.9 Å². The monoisotopic (exact) mass is 413 g/mol. The van der Waals surface area contributed by atoms with E-state index in [1.807, 2.05) is 30.3 Å². The molecule has 0 aromatic heterocycles. The molecule has 0 bridgehead atoms. The van der Waals surface area contributed by atoms with Crippen LogP contribution in [-0.4, -0.2) is 42.3 Å². The zero-order valence-electron chi connectivity index (χ0n) is 17.7. The van der Waals surface area contributed by atoms with Crippen LogP contribution >= 0.6 is 0 Å². The van der Waals surface area contributed by atoms with Crippen LogP contribution in [0, 0.1) is 0 Å². The Balaban J connectivity index is 1.80. The Morgan fingerprint density at radius 3 is 2.33 bits per heavy atom. The van der Waals surface area contributed by atoms with Crippen LogP contribution in [0.5, 0.6) is 5.75 Å². The lowest BCUT2D eigenvalue weighted by Gasteiger charge is -2.30. The minimum absolute atomic E-state index is 0.0174. The summed E-state index contributed by atoms with van der Waals surface area (Å²) in [7, 11) is 1.58. The Bertz CT molecular complexity index is 860. The Morgan fingerprint density at radius 1 is 1.07 bits per heavy atom. The summed E-state index contributed by atoms with van der Waals surface area (Å²) in [5.74, 6) is 0.139. The lowest BCUT2D eigenvalue weighted by molar-refractivity contribution is -0.150. The van der Waals surface area contributed by atoms with Crippen molar-refractivity contribution in [2.24, 2.45) is 0 Å². The van der Waals surface area contributed by atoms with E-state index in [0.29, 0.717) is 11.3 Å². The SMILES string of the molecule is COc1ccc(C2OC[C@@H](C(=O)OCc3ccccc3)N2C(=O)OC(C)(C)C)cc1. The maximum absolute atomic E-state index is 12.9. The number of ether oxygens (including phenoxy) is 4. The predicted molar refractivity (Wildman–Crippen MR) is 110 cm³/mol. The highest BCUT2D eigenvalue weighted by atomic mass is 16.6. The normalized spacial score (nSPS) is 18.7. The van der Waals surface area contributed by atoms with Gasteiger partial charge in [0.15, 0.2) is 12.3 Å². The number of rotatable bonds is 5. The molecule has 2 aromatic rings. The lowest BCUT2D eigenvalue weighted by Crippen LogP contribution is -2.46. The number of benzene rings is 2. The van der Waals surface area contributed by atoms with Crippen molar-refractivity contribution < 1.29 is 28.5 Å². The second kappa shape index (κ2) is 9.17. The van der Waals surface area contributed by atoms with Crippen molar-refractivity contribution in [3.8, 4) is 5.75 Å². The van der Waals surface area contributed by atoms with Crippen LogP contribution in [0.1, 0.15) is 38.1 Å². The fourth-order valence-electron chi connectivity index (χ4n) is 3.08. The summed E-state index contributed by atoms with van der Waals surface area (Å²) in [6.07, 6.45) is -1.40. The molecule has 7 nitrogen and oxygen atoms in total. The average Bonchev–Trinajstić information content (AvgIpc) is 3.17. The van der Waals surface area contributed by atoms with Crippen molar-refractivity contribution >= 4 is 12.1 Å². The van der Waals surface area contributed by atoms with E-state index in [-0.39, 0.29) is 13.2 Å². The first-order chi connectivity index (χ1) is 14.3. The first-order valence-electron chi connectivity index (χ1n) is 9.76. The number of nitrogens with zero attached hydrogens (tertiary/aromatic N) is 1. The first kappa shape index (κ1) is 21.6. The summed E-state index contributed by atoms with van der Waals surface area (Å²) in [5.41, 5.74) is 0.850. The Morgan fingerprint density at radius 2 is 1.73 bits per heavy atom. The van der Waals surface area contributed by atoms with Crippen molar-refractivity contribution in [3.63, 3.8) is 0 Å². The molecule has 160 valence electrons. The van der Waals surface area contributed by atoms with Gasteiger partial charge in [0.05, 0.1) is 13.7 Å². The summed E-state index contributed by atoms with van der Waals surface area (Å²) in [4.78, 5) is 27.1. The van der Waals surface area contributed by atoms with Crippen molar-refractivity contribution in [3.05, 3.63) is 65.7 Å². The van der Waals surface area contributed by atoms with Gasteiger partial charge in [-0.2, -0.15) is 0 Å². The van der Waals surface area contributed by atoms with Crippen LogP contribution in [0.25, 0.3) is 0 Å². The topological polar surface area (TPSA) is 74.3 Å². The van der Waals surface area contributed by atoms with E-state index in [2.05, 4.69) is 0 Å². The van der Waals surface area contributed by atoms with Gasteiger partial charge < -0.3 is 18.9 Å². The molecule has 1 saturated heterocycles. The van der Waals surface area contributed by atoms with Gasteiger partial charge in [-0.25, -0.2) is 9.59 Å². The van der Waals surface area contributed by atoms with Gasteiger partial charge in [0.2, 0.25) is 0 Å². The van der Waals surface area contributed by atoms with Crippen LogP contribution < -0.4 is 4.74 Å². The molecule has 2 aromatic carbocycles. The molecule has 3 rings (SSSR count). The van der Waals surface area contributed by atoms with Crippen LogP contribution in [-0.2, 0) is 25.6 Å². The molecule has 1 unspecified atom stereocenters. The van der Waals surface area contributed by atoms with Gasteiger partial charge in [-0.15, -0.1) is 0 Å². The quantitative estimate of drug-likeness (QED) is 0.688. The molecular formula is C23H27NO6. The summed E-state index contributed by atoms with van der Waals surface area (Å²) >= 11 is 0. The second-order valence-electron chi connectivity index (χ2n) is 7.96. The molecule has 1 aliphatic heterocycles. The van der Waals surface area contributed by atoms with Gasteiger partial charge in [0.1, 0.15) is 18.0 Å². The van der Waals surface area contributed by atoms with E-state index >= 15 is 0 Å². The fourth-order valence-corrected chi connectivity index (χ4v) is 3.08. The highest BCUT2D eigenvalue weighted by molar-refractivity contribution is 5.82. The summed E-state index contributed by atoms with van der Waals surface area (Å²) in [6.45, 7) is 5.45. The Kier molecular flexibility index (Phi) is 6.62. The molecule has 7 heteroatoms. The number of carbonyl (C=O) groups excluding carboxylic acids is 2. The van der Waals surface area contributed by atoms with E-state index in [0.717, 1.165) is 5.56 Å². The molecular weight excluding hydrogens is 386 g/mol. The largest absolute Gasteiger partial charge is 0.497 e. The van der Waals surface area contributed by atoms with Gasteiger partial charge in [0, 0.05) is 5.56 Å². The third-order valence-electron chi connectivity index (χ3n) is 4.50. The second-order valence-corrected chi connectivity index (χ2v) is 7.96. The molecule has 1 fully saturated rings. The number of hydrogen-bond acceptors (Lipinski definition) is 6. The van der Waals surface area contributed by atoms with E-state index in [1.165, 1.54) is 4.90 Å². The highest BCUT2D eigenvalue weighted by Crippen LogP contribution is 2.33. The maximum atomic E-state index is 12.9. The molecule has 2 atom stereocenters. The zero-order chi connectivity index (χ0) is 21.7. The smallest absolute Gasteiger partial charge is 0.413 e. The third kappa shape index (κ3) is 5.30. The molecule has 0 N–H and O–H groups in total. The maximum Gasteiger partial charge on any atom is 0.413 e. The van der Waals surface area contributed by atoms with Gasteiger partial charge in [-0.3, -0.25) is 4.90 Å². The van der Waals surface area contributed by atoms with Crippen LogP contribution in [0.15, 0.2) is 54.6 Å². The number of methoxy groups -OCH3 is 1. The summed E-state index contributed by atoms with van der Waals surface area (Å²) in [6, 6.07) is 15.6. The van der Waals surface area contributed by atoms with E-state index in [9.17, 15) is 9.59 Å². The predicted octanol–water partition coefficient (Wildman–Crippen LogP) is 4.07. The van der Waals surface area contributed by atoms with Gasteiger partial charge in [-0.05, 0) is 38.5 Å². The van der Waals surface area contributed by atoms with E-state index in [1.54, 1.807) is 52.1 Å². The van der Waals surface area contributed by atoms with Gasteiger partial charge in [-0.1, -0.05) is 42.5 Å². The summed E-state index contributed by atoms with van der Waals surface area (Å²) in [5, 5.41) is 0. The molecule has 0 radical (unpaired) electrons. The molecule has 30 heavy (non-hydrogen) atoms. The number of hydrogen-bond donors (Lipinski definition) is 0. The van der Waals surface area contributed by atoms with Crippen LogP contribution in [0.4, 0.5) is 4.79 Å². The number of esters is 1. The van der Waals surface area contributed by atoms with Crippen molar-refractivity contribution in [2.45, 2.75) is 45.2 Å². The first-order valence-corrected chi connectivity index (χ1v) is 9.76. The van der Waals surface area contributed by atoms with Crippen molar-refractivity contribution in [1.29, 1.82) is 0 Å². The highest BCUT2D eigenvalue weighted by Gasteiger charge is 2.45. The lowest BCUT2D eigenvalue weighted by atomic mass is 10.1. The summed E-state index contributed by atoms with van der Waals surface area (Å²) < 4.78 is 22.0. The molecule has 1 aliphatic rings.